The van der Waals surface area contributed by atoms with Gasteiger partial charge in [-0.25, -0.2) is 0 Å². The van der Waals surface area contributed by atoms with Crippen LogP contribution in [0.1, 0.15) is 42.6 Å². The van der Waals surface area contributed by atoms with Gasteiger partial charge >= 0.3 is 0 Å². The zero-order chi connectivity index (χ0) is 26.5. The van der Waals surface area contributed by atoms with E-state index in [1.54, 1.807) is 6.92 Å². The maximum absolute atomic E-state index is 11.9. The van der Waals surface area contributed by atoms with Crippen molar-refractivity contribution in [1.29, 1.82) is 0 Å². The number of amides is 1. The predicted octanol–water partition coefficient (Wildman–Crippen LogP) is 6.17. The SMILES string of the molecule is C=C(CCl)NCCCC(C)C(=O)NCc1ccccc1.CC(=O)c1ccc2cc(N(C)C)ccc2c1. The van der Waals surface area contributed by atoms with E-state index in [0.29, 0.717) is 12.4 Å². The van der Waals surface area contributed by atoms with Gasteiger partial charge < -0.3 is 15.5 Å². The van der Waals surface area contributed by atoms with Gasteiger partial charge in [-0.3, -0.25) is 9.59 Å². The quantitative estimate of drug-likeness (QED) is 0.185. The summed E-state index contributed by atoms with van der Waals surface area (Å²) in [6.07, 6.45) is 1.78. The first-order valence-electron chi connectivity index (χ1n) is 12.2. The van der Waals surface area contributed by atoms with Crippen LogP contribution in [0.5, 0.6) is 0 Å². The van der Waals surface area contributed by atoms with Gasteiger partial charge in [0, 0.05) is 50.1 Å². The summed E-state index contributed by atoms with van der Waals surface area (Å²) in [5, 5.41) is 8.36. The molecule has 0 spiro atoms. The minimum Gasteiger partial charge on any atom is -0.388 e. The average Bonchev–Trinajstić information content (AvgIpc) is 2.89. The molecule has 5 nitrogen and oxygen atoms in total. The Balaban J connectivity index is 0.000000259. The Bertz CT molecular complexity index is 1150. The number of hydrogen-bond donors (Lipinski definition) is 2. The van der Waals surface area contributed by atoms with Gasteiger partial charge in [0.15, 0.2) is 5.78 Å². The molecule has 0 bridgehead atoms. The molecule has 192 valence electrons. The third kappa shape index (κ3) is 9.74. The highest BCUT2D eigenvalue weighted by atomic mass is 35.5. The van der Waals surface area contributed by atoms with E-state index >= 15 is 0 Å². The summed E-state index contributed by atoms with van der Waals surface area (Å²) in [6, 6.07) is 22.0. The lowest BCUT2D eigenvalue weighted by Gasteiger charge is -2.13. The van der Waals surface area contributed by atoms with E-state index in [2.05, 4.69) is 40.3 Å². The molecule has 0 fully saturated rings. The van der Waals surface area contributed by atoms with Crippen LogP contribution < -0.4 is 15.5 Å². The van der Waals surface area contributed by atoms with Crippen LogP contribution in [0, 0.1) is 5.92 Å². The lowest BCUT2D eigenvalue weighted by Crippen LogP contribution is -2.29. The normalized spacial score (nSPS) is 11.1. The van der Waals surface area contributed by atoms with Crippen molar-refractivity contribution >= 4 is 39.8 Å². The number of carbonyl (C=O) groups is 2. The molecule has 1 amide bonds. The first-order chi connectivity index (χ1) is 17.2. The summed E-state index contributed by atoms with van der Waals surface area (Å²) in [7, 11) is 4.04. The molecule has 3 aromatic carbocycles. The van der Waals surface area contributed by atoms with Crippen molar-refractivity contribution in [3.8, 4) is 0 Å². The molecule has 0 aliphatic rings. The topological polar surface area (TPSA) is 61.4 Å². The molecule has 1 atom stereocenters. The predicted molar refractivity (Wildman–Crippen MR) is 153 cm³/mol. The average molecular weight is 508 g/mol. The Morgan fingerprint density at radius 2 is 1.64 bits per heavy atom. The number of nitrogens with zero attached hydrogens (tertiary/aromatic N) is 1. The smallest absolute Gasteiger partial charge is 0.223 e. The monoisotopic (exact) mass is 507 g/mol. The van der Waals surface area contributed by atoms with E-state index in [4.69, 9.17) is 11.6 Å². The number of allylic oxidation sites excluding steroid dienone is 1. The van der Waals surface area contributed by atoms with Crippen molar-refractivity contribution < 1.29 is 9.59 Å². The molecule has 0 aliphatic heterocycles. The number of ketones is 1. The number of anilines is 1. The number of nitrogens with one attached hydrogen (secondary N) is 2. The number of hydrogen-bond acceptors (Lipinski definition) is 4. The van der Waals surface area contributed by atoms with Crippen molar-refractivity contribution in [2.45, 2.75) is 33.2 Å². The fourth-order valence-corrected chi connectivity index (χ4v) is 3.64. The Labute approximate surface area is 220 Å². The third-order valence-electron chi connectivity index (χ3n) is 5.85. The molecule has 0 aliphatic carbocycles. The minimum atomic E-state index is 0.0183. The van der Waals surface area contributed by atoms with Crippen LogP contribution in [-0.4, -0.2) is 38.2 Å². The van der Waals surface area contributed by atoms with Crippen molar-refractivity contribution in [2.75, 3.05) is 31.4 Å². The number of benzene rings is 3. The van der Waals surface area contributed by atoms with Gasteiger partial charge in [-0.05, 0) is 54.3 Å². The molecule has 0 heterocycles. The summed E-state index contributed by atoms with van der Waals surface area (Å²) in [5.74, 6) is 0.654. The van der Waals surface area contributed by atoms with Gasteiger partial charge in [-0.15, -0.1) is 11.6 Å². The fourth-order valence-electron chi connectivity index (χ4n) is 3.54. The minimum absolute atomic E-state index is 0.0183. The van der Waals surface area contributed by atoms with Crippen LogP contribution in [-0.2, 0) is 11.3 Å². The van der Waals surface area contributed by atoms with Gasteiger partial charge in [0.2, 0.25) is 5.91 Å². The second kappa shape index (κ2) is 14.9. The molecule has 3 rings (SSSR count). The van der Waals surface area contributed by atoms with Gasteiger partial charge in [-0.2, -0.15) is 0 Å². The molecular formula is C30H38ClN3O2. The van der Waals surface area contributed by atoms with E-state index in [9.17, 15) is 9.59 Å². The first-order valence-corrected chi connectivity index (χ1v) is 12.8. The lowest BCUT2D eigenvalue weighted by atomic mass is 10.0. The molecule has 1 unspecified atom stereocenters. The highest BCUT2D eigenvalue weighted by molar-refractivity contribution is 6.19. The maximum Gasteiger partial charge on any atom is 0.223 e. The number of rotatable bonds is 11. The molecular weight excluding hydrogens is 470 g/mol. The summed E-state index contributed by atoms with van der Waals surface area (Å²) in [6.45, 7) is 8.71. The van der Waals surface area contributed by atoms with Gasteiger partial charge in [0.05, 0.1) is 5.88 Å². The highest BCUT2D eigenvalue weighted by Gasteiger charge is 2.11. The van der Waals surface area contributed by atoms with E-state index < -0.39 is 0 Å². The first kappa shape index (κ1) is 28.9. The molecule has 0 saturated carbocycles. The van der Waals surface area contributed by atoms with Crippen LogP contribution in [0.2, 0.25) is 0 Å². The zero-order valence-electron chi connectivity index (χ0n) is 21.8. The molecule has 3 aromatic rings. The number of alkyl halides is 1. The summed E-state index contributed by atoms with van der Waals surface area (Å²) < 4.78 is 0. The largest absolute Gasteiger partial charge is 0.388 e. The molecule has 0 saturated heterocycles. The van der Waals surface area contributed by atoms with E-state index in [1.165, 1.54) is 5.69 Å². The molecule has 6 heteroatoms. The molecule has 0 aromatic heterocycles. The number of Topliss-reactive ketones (excluding diaryl/α,β-unsaturated/α-hetero) is 1. The lowest BCUT2D eigenvalue weighted by molar-refractivity contribution is -0.124. The fraction of sp³-hybridized carbons (Fsp3) is 0.333. The summed E-state index contributed by atoms with van der Waals surface area (Å²) in [5.41, 5.74) is 3.88. The van der Waals surface area contributed by atoms with Gasteiger partial charge in [-0.1, -0.05) is 62.0 Å². The maximum atomic E-state index is 11.9. The van der Waals surface area contributed by atoms with Crippen molar-refractivity contribution in [1.82, 2.24) is 10.6 Å². The van der Waals surface area contributed by atoms with Crippen molar-refractivity contribution in [3.05, 3.63) is 90.1 Å². The van der Waals surface area contributed by atoms with E-state index in [0.717, 1.165) is 47.0 Å². The Hall–Kier alpha value is -3.31. The van der Waals surface area contributed by atoms with E-state index in [1.807, 2.05) is 69.6 Å². The van der Waals surface area contributed by atoms with Gasteiger partial charge in [0.1, 0.15) is 0 Å². The Morgan fingerprint density at radius 3 is 2.28 bits per heavy atom. The third-order valence-corrected chi connectivity index (χ3v) is 6.18. The highest BCUT2D eigenvalue weighted by Crippen LogP contribution is 2.22. The second-order valence-corrected chi connectivity index (χ2v) is 9.37. The zero-order valence-corrected chi connectivity index (χ0v) is 22.6. The van der Waals surface area contributed by atoms with Crippen LogP contribution in [0.3, 0.4) is 0 Å². The van der Waals surface area contributed by atoms with Gasteiger partial charge in [0.25, 0.3) is 0 Å². The van der Waals surface area contributed by atoms with E-state index in [-0.39, 0.29) is 17.6 Å². The molecule has 2 N–H and O–H groups in total. The summed E-state index contributed by atoms with van der Waals surface area (Å²) in [4.78, 5) is 25.3. The molecule has 36 heavy (non-hydrogen) atoms. The molecule has 0 radical (unpaired) electrons. The number of fused-ring (bicyclic) bond motifs is 1. The van der Waals surface area contributed by atoms with Crippen molar-refractivity contribution in [3.63, 3.8) is 0 Å². The van der Waals surface area contributed by atoms with Crippen LogP contribution >= 0.6 is 11.6 Å². The van der Waals surface area contributed by atoms with Crippen LogP contribution in [0.15, 0.2) is 79.0 Å². The Morgan fingerprint density at radius 1 is 0.972 bits per heavy atom. The number of halogens is 1. The van der Waals surface area contributed by atoms with Crippen LogP contribution in [0.25, 0.3) is 10.8 Å². The Kier molecular flexibility index (Phi) is 12.0. The summed E-state index contributed by atoms with van der Waals surface area (Å²) >= 11 is 5.62. The second-order valence-electron chi connectivity index (χ2n) is 9.11. The number of carbonyl (C=O) groups excluding carboxylic acids is 2. The standard InChI is InChI=1S/C16H23ClN2O.C14H15NO/c1-13(7-6-10-18-14(2)11-17)16(20)19-12-15-8-4-3-5-9-15;1-10(16)11-4-5-13-9-14(15(2)3)7-6-12(13)8-11/h3-5,8-9,13,18H,2,6-7,10-12H2,1H3,(H,19,20);4-9H,1-3H3. The van der Waals surface area contributed by atoms with Crippen molar-refractivity contribution in [2.24, 2.45) is 5.92 Å². The van der Waals surface area contributed by atoms with Crippen LogP contribution in [0.4, 0.5) is 5.69 Å².